The highest BCUT2D eigenvalue weighted by Crippen LogP contribution is 2.29. The molecule has 1 aromatic carbocycles. The molecule has 0 bridgehead atoms. The average molecular weight is 227 g/mol. The Bertz CT molecular complexity index is 530. The van der Waals surface area contributed by atoms with Gasteiger partial charge in [0.15, 0.2) is 0 Å². The third-order valence-electron chi connectivity index (χ3n) is 3.29. The first-order valence-corrected chi connectivity index (χ1v) is 5.66. The molecule has 0 unspecified atom stereocenters. The van der Waals surface area contributed by atoms with E-state index < -0.39 is 0 Å². The molecule has 0 aliphatic rings. The summed E-state index contributed by atoms with van der Waals surface area (Å²) in [6, 6.07) is 2.21. The summed E-state index contributed by atoms with van der Waals surface area (Å²) in [6.45, 7) is 8.48. The highest BCUT2D eigenvalue weighted by Gasteiger charge is 2.11. The van der Waals surface area contributed by atoms with Crippen LogP contribution in [0, 0.1) is 27.7 Å². The van der Waals surface area contributed by atoms with Crippen molar-refractivity contribution in [3.63, 3.8) is 0 Å². The molecule has 0 amide bonds. The van der Waals surface area contributed by atoms with Gasteiger partial charge < -0.3 is 5.73 Å². The molecule has 0 saturated heterocycles. The van der Waals surface area contributed by atoms with Crippen LogP contribution in [0.2, 0.25) is 0 Å². The monoisotopic (exact) mass is 227 g/mol. The molecular weight excluding hydrogens is 210 g/mol. The maximum absolute atomic E-state index is 5.57. The van der Waals surface area contributed by atoms with Crippen LogP contribution in [-0.2, 0) is 0 Å². The van der Waals surface area contributed by atoms with Crippen LogP contribution in [0.15, 0.2) is 18.5 Å². The van der Waals surface area contributed by atoms with E-state index in [1.165, 1.54) is 27.8 Å². The van der Waals surface area contributed by atoms with E-state index >= 15 is 0 Å². The van der Waals surface area contributed by atoms with Crippen LogP contribution in [0.1, 0.15) is 22.3 Å². The van der Waals surface area contributed by atoms with Crippen molar-refractivity contribution in [3.8, 4) is 11.3 Å². The number of rotatable bonds is 1. The molecule has 0 aliphatic heterocycles. The lowest BCUT2D eigenvalue weighted by Crippen LogP contribution is -1.98. The predicted molar refractivity (Wildman–Crippen MR) is 70.8 cm³/mol. The van der Waals surface area contributed by atoms with Gasteiger partial charge in [-0.1, -0.05) is 6.07 Å². The minimum Gasteiger partial charge on any atom is -0.382 e. The van der Waals surface area contributed by atoms with Crippen molar-refractivity contribution in [1.82, 2.24) is 9.97 Å². The summed E-state index contributed by atoms with van der Waals surface area (Å²) in [6.07, 6.45) is 3.34. The maximum Gasteiger partial charge on any atom is 0.141 e. The number of anilines is 1. The summed E-state index contributed by atoms with van der Waals surface area (Å²) in [4.78, 5) is 8.48. The first kappa shape index (κ1) is 11.6. The van der Waals surface area contributed by atoms with Crippen LogP contribution < -0.4 is 5.73 Å². The van der Waals surface area contributed by atoms with Crippen molar-refractivity contribution in [2.24, 2.45) is 0 Å². The Morgan fingerprint density at radius 1 is 0.882 bits per heavy atom. The van der Waals surface area contributed by atoms with Crippen LogP contribution in [0.3, 0.4) is 0 Å². The van der Waals surface area contributed by atoms with E-state index in [0.717, 1.165) is 5.69 Å². The highest BCUT2D eigenvalue weighted by atomic mass is 14.9. The van der Waals surface area contributed by atoms with Crippen LogP contribution in [0.25, 0.3) is 11.3 Å². The number of benzene rings is 1. The second-order valence-corrected chi connectivity index (χ2v) is 4.46. The zero-order valence-corrected chi connectivity index (χ0v) is 10.7. The largest absolute Gasteiger partial charge is 0.382 e. The smallest absolute Gasteiger partial charge is 0.141 e. The number of nitrogen functional groups attached to an aromatic ring is 1. The number of nitrogens with two attached hydrogens (primary N) is 1. The van der Waals surface area contributed by atoms with E-state index in [-0.39, 0.29) is 0 Å². The van der Waals surface area contributed by atoms with Crippen molar-refractivity contribution in [2.75, 3.05) is 5.73 Å². The second kappa shape index (κ2) is 4.17. The molecule has 3 nitrogen and oxygen atoms in total. The topological polar surface area (TPSA) is 51.8 Å². The molecule has 2 aromatic rings. The fourth-order valence-electron chi connectivity index (χ4n) is 2.07. The first-order chi connectivity index (χ1) is 8.00. The predicted octanol–water partition coefficient (Wildman–Crippen LogP) is 2.96. The van der Waals surface area contributed by atoms with Gasteiger partial charge in [-0.3, -0.25) is 4.98 Å². The number of aryl methyl sites for hydroxylation is 2. The Balaban J connectivity index is 2.70. The normalized spacial score (nSPS) is 10.6. The van der Waals surface area contributed by atoms with E-state index in [1.807, 2.05) is 0 Å². The lowest BCUT2D eigenvalue weighted by Gasteiger charge is -2.14. The van der Waals surface area contributed by atoms with Gasteiger partial charge in [0, 0.05) is 5.56 Å². The fourth-order valence-corrected chi connectivity index (χ4v) is 2.07. The molecule has 17 heavy (non-hydrogen) atoms. The Morgan fingerprint density at radius 2 is 1.47 bits per heavy atom. The van der Waals surface area contributed by atoms with Crippen molar-refractivity contribution < 1.29 is 0 Å². The van der Waals surface area contributed by atoms with Gasteiger partial charge in [-0.05, 0) is 49.9 Å². The maximum atomic E-state index is 5.57. The van der Waals surface area contributed by atoms with Gasteiger partial charge in [0.05, 0.1) is 18.1 Å². The van der Waals surface area contributed by atoms with Crippen molar-refractivity contribution in [2.45, 2.75) is 27.7 Å². The number of aromatic nitrogens is 2. The average Bonchev–Trinajstić information content (AvgIpc) is 2.29. The van der Waals surface area contributed by atoms with Gasteiger partial charge in [0.2, 0.25) is 0 Å². The van der Waals surface area contributed by atoms with Crippen molar-refractivity contribution >= 4 is 5.82 Å². The minimum atomic E-state index is 0.452. The van der Waals surface area contributed by atoms with Gasteiger partial charge in [0.25, 0.3) is 0 Å². The van der Waals surface area contributed by atoms with E-state index in [1.54, 1.807) is 12.4 Å². The van der Waals surface area contributed by atoms with Gasteiger partial charge in [0.1, 0.15) is 5.82 Å². The number of hydrogen-bond acceptors (Lipinski definition) is 3. The third-order valence-corrected chi connectivity index (χ3v) is 3.29. The molecule has 0 aliphatic carbocycles. The van der Waals surface area contributed by atoms with Crippen LogP contribution >= 0.6 is 0 Å². The van der Waals surface area contributed by atoms with Crippen molar-refractivity contribution in [1.29, 1.82) is 0 Å². The second-order valence-electron chi connectivity index (χ2n) is 4.46. The SMILES string of the molecule is Cc1cc(C)c(C)c(-c2cnc(N)cn2)c1C. The van der Waals surface area contributed by atoms with E-state index in [9.17, 15) is 0 Å². The minimum absolute atomic E-state index is 0.452. The number of nitrogens with zero attached hydrogens (tertiary/aromatic N) is 2. The molecule has 2 N–H and O–H groups in total. The molecule has 0 atom stereocenters. The van der Waals surface area contributed by atoms with Crippen molar-refractivity contribution in [3.05, 3.63) is 40.7 Å². The van der Waals surface area contributed by atoms with Gasteiger partial charge in [-0.25, -0.2) is 4.98 Å². The molecule has 0 radical (unpaired) electrons. The van der Waals surface area contributed by atoms with Gasteiger partial charge in [-0.2, -0.15) is 0 Å². The first-order valence-electron chi connectivity index (χ1n) is 5.66. The van der Waals surface area contributed by atoms with E-state index in [4.69, 9.17) is 5.73 Å². The Labute approximate surface area is 102 Å². The van der Waals surface area contributed by atoms with E-state index in [2.05, 4.69) is 43.7 Å². The lowest BCUT2D eigenvalue weighted by molar-refractivity contribution is 1.18. The Hall–Kier alpha value is -1.90. The molecule has 0 saturated carbocycles. The highest BCUT2D eigenvalue weighted by molar-refractivity contribution is 5.70. The molecule has 1 heterocycles. The molecule has 0 spiro atoms. The summed E-state index contributed by atoms with van der Waals surface area (Å²) < 4.78 is 0. The quantitative estimate of drug-likeness (QED) is 0.814. The summed E-state index contributed by atoms with van der Waals surface area (Å²) in [5.74, 6) is 0.452. The lowest BCUT2D eigenvalue weighted by atomic mass is 9.92. The molecule has 3 heteroatoms. The van der Waals surface area contributed by atoms with Crippen LogP contribution in [-0.4, -0.2) is 9.97 Å². The fraction of sp³-hybridized carbons (Fsp3) is 0.286. The summed E-state index contributed by atoms with van der Waals surface area (Å²) in [7, 11) is 0. The summed E-state index contributed by atoms with van der Waals surface area (Å²) in [5, 5.41) is 0. The van der Waals surface area contributed by atoms with Gasteiger partial charge >= 0.3 is 0 Å². The Morgan fingerprint density at radius 3 is 1.94 bits per heavy atom. The molecule has 2 rings (SSSR count). The standard InChI is InChI=1S/C14H17N3/c1-8-5-9(2)11(4)14(10(8)3)12-6-17-13(15)7-16-12/h5-7H,1-4H3,(H2,15,17). The summed E-state index contributed by atoms with van der Waals surface area (Å²) >= 11 is 0. The molecular formula is C14H17N3. The van der Waals surface area contributed by atoms with Crippen LogP contribution in [0.5, 0.6) is 0 Å². The molecule has 88 valence electrons. The zero-order chi connectivity index (χ0) is 12.6. The van der Waals surface area contributed by atoms with E-state index in [0.29, 0.717) is 5.82 Å². The van der Waals surface area contributed by atoms with Crippen LogP contribution in [0.4, 0.5) is 5.82 Å². The molecule has 0 fully saturated rings. The zero-order valence-electron chi connectivity index (χ0n) is 10.7. The number of hydrogen-bond donors (Lipinski definition) is 1. The third kappa shape index (κ3) is 2.00. The van der Waals surface area contributed by atoms with Gasteiger partial charge in [-0.15, -0.1) is 0 Å². The molecule has 1 aromatic heterocycles. The summed E-state index contributed by atoms with van der Waals surface area (Å²) in [5.41, 5.74) is 12.7. The Kier molecular flexibility index (Phi) is 2.84.